The lowest BCUT2D eigenvalue weighted by atomic mass is 10.1. The monoisotopic (exact) mass is 387 g/mol. The highest BCUT2D eigenvalue weighted by molar-refractivity contribution is 9.10. The summed E-state index contributed by atoms with van der Waals surface area (Å²) in [7, 11) is 1.59. The predicted molar refractivity (Wildman–Crippen MR) is 94.3 cm³/mol. The lowest BCUT2D eigenvalue weighted by Gasteiger charge is -2.06. The van der Waals surface area contributed by atoms with Crippen molar-refractivity contribution in [1.82, 2.24) is 5.32 Å². The van der Waals surface area contributed by atoms with Gasteiger partial charge in [-0.2, -0.15) is 0 Å². The van der Waals surface area contributed by atoms with Crippen LogP contribution in [0.2, 0.25) is 0 Å². The number of fused-ring (bicyclic) bond motifs is 1. The highest BCUT2D eigenvalue weighted by Gasteiger charge is 2.12. The zero-order valence-electron chi connectivity index (χ0n) is 12.8. The van der Waals surface area contributed by atoms with Gasteiger partial charge in [0.15, 0.2) is 5.76 Å². The van der Waals surface area contributed by atoms with Crippen molar-refractivity contribution >= 4 is 32.6 Å². The van der Waals surface area contributed by atoms with Gasteiger partial charge in [-0.05, 0) is 41.3 Å². The molecule has 1 amide bonds. The lowest BCUT2D eigenvalue weighted by molar-refractivity contribution is 0.0919. The molecule has 0 radical (unpaired) electrons. The minimum absolute atomic E-state index is 0.0108. The maximum absolute atomic E-state index is 12.2. The number of nitrogens with one attached hydrogen (secondary N) is 1. The minimum atomic E-state index is -0.539. The molecule has 0 aliphatic rings. The van der Waals surface area contributed by atoms with Crippen LogP contribution in [0.3, 0.4) is 0 Å². The van der Waals surface area contributed by atoms with Gasteiger partial charge in [0.1, 0.15) is 5.75 Å². The van der Waals surface area contributed by atoms with E-state index < -0.39 is 11.5 Å². The van der Waals surface area contributed by atoms with E-state index >= 15 is 0 Å². The van der Waals surface area contributed by atoms with Crippen LogP contribution in [0.5, 0.6) is 5.75 Å². The van der Waals surface area contributed by atoms with Crippen LogP contribution in [0, 0.1) is 0 Å². The summed E-state index contributed by atoms with van der Waals surface area (Å²) in [5.74, 6) is 0.299. The highest BCUT2D eigenvalue weighted by Crippen LogP contribution is 2.18. The summed E-state index contributed by atoms with van der Waals surface area (Å²) >= 11 is 3.31. The molecule has 3 aromatic rings. The second-order valence-electron chi connectivity index (χ2n) is 5.16. The van der Waals surface area contributed by atoms with Crippen LogP contribution in [-0.2, 0) is 6.54 Å². The van der Waals surface area contributed by atoms with Gasteiger partial charge < -0.3 is 14.5 Å². The van der Waals surface area contributed by atoms with Gasteiger partial charge in [0.25, 0.3) is 5.91 Å². The Morgan fingerprint density at radius 2 is 1.92 bits per heavy atom. The number of hydrogen-bond donors (Lipinski definition) is 1. The third-order valence-electron chi connectivity index (χ3n) is 3.56. The van der Waals surface area contributed by atoms with Gasteiger partial charge in [0.05, 0.1) is 12.5 Å². The van der Waals surface area contributed by atoms with Gasteiger partial charge in [-0.3, -0.25) is 4.79 Å². The van der Waals surface area contributed by atoms with E-state index in [0.717, 1.165) is 15.8 Å². The van der Waals surface area contributed by atoms with E-state index in [1.165, 1.54) is 0 Å². The number of ether oxygens (including phenoxy) is 1. The maximum atomic E-state index is 12.2. The molecule has 1 aromatic heterocycles. The maximum Gasteiger partial charge on any atom is 0.344 e. The minimum Gasteiger partial charge on any atom is -0.497 e. The molecule has 0 aliphatic heterocycles. The fraction of sp³-hybridized carbons (Fsp3) is 0.111. The SMILES string of the molecule is COc1ccc(CNC(=O)c2cc3ccc(Br)cc3c(=O)o2)cc1. The van der Waals surface area contributed by atoms with Crippen molar-refractivity contribution in [3.05, 3.63) is 74.7 Å². The molecular weight excluding hydrogens is 374 g/mol. The number of rotatable bonds is 4. The molecule has 0 bridgehead atoms. The molecule has 6 heteroatoms. The summed E-state index contributed by atoms with van der Waals surface area (Å²) < 4.78 is 11.0. The Labute approximate surface area is 146 Å². The molecule has 3 rings (SSSR count). The van der Waals surface area contributed by atoms with Gasteiger partial charge in [-0.15, -0.1) is 0 Å². The first kappa shape index (κ1) is 16.3. The highest BCUT2D eigenvalue weighted by atomic mass is 79.9. The molecule has 0 fully saturated rings. The normalized spacial score (nSPS) is 10.6. The molecule has 122 valence electrons. The molecule has 0 atom stereocenters. The Hall–Kier alpha value is -2.60. The quantitative estimate of drug-likeness (QED) is 0.743. The van der Waals surface area contributed by atoms with Crippen molar-refractivity contribution < 1.29 is 13.9 Å². The average molecular weight is 388 g/mol. The van der Waals surface area contributed by atoms with E-state index in [2.05, 4.69) is 21.2 Å². The summed E-state index contributed by atoms with van der Waals surface area (Å²) in [6.07, 6.45) is 0. The number of methoxy groups -OCH3 is 1. The molecule has 2 aromatic carbocycles. The second kappa shape index (κ2) is 6.88. The number of hydrogen-bond acceptors (Lipinski definition) is 4. The van der Waals surface area contributed by atoms with Crippen LogP contribution in [0.4, 0.5) is 0 Å². The Morgan fingerprint density at radius 3 is 2.62 bits per heavy atom. The van der Waals surface area contributed by atoms with Gasteiger partial charge >= 0.3 is 5.63 Å². The van der Waals surface area contributed by atoms with Crippen LogP contribution >= 0.6 is 15.9 Å². The Morgan fingerprint density at radius 1 is 1.17 bits per heavy atom. The molecular formula is C18H14BrNO4. The van der Waals surface area contributed by atoms with Gasteiger partial charge in [-0.25, -0.2) is 4.79 Å². The largest absolute Gasteiger partial charge is 0.497 e. The number of halogens is 1. The zero-order chi connectivity index (χ0) is 17.1. The van der Waals surface area contributed by atoms with Gasteiger partial charge in [0, 0.05) is 11.0 Å². The van der Waals surface area contributed by atoms with Crippen molar-refractivity contribution in [3.8, 4) is 5.75 Å². The van der Waals surface area contributed by atoms with Crippen LogP contribution in [0.15, 0.2) is 62.2 Å². The first-order valence-corrected chi connectivity index (χ1v) is 8.00. The third-order valence-corrected chi connectivity index (χ3v) is 4.05. The van der Waals surface area contributed by atoms with E-state index in [0.29, 0.717) is 17.3 Å². The van der Waals surface area contributed by atoms with Crippen molar-refractivity contribution in [2.45, 2.75) is 6.54 Å². The van der Waals surface area contributed by atoms with Crippen LogP contribution in [0.1, 0.15) is 16.1 Å². The Bertz CT molecular complexity index is 947. The standard InChI is InChI=1S/C18H14BrNO4/c1-23-14-6-2-11(3-7-14)10-20-17(21)16-8-12-4-5-13(19)9-15(12)18(22)24-16/h2-9H,10H2,1H3,(H,20,21). The molecule has 1 N–H and O–H groups in total. The van der Waals surface area contributed by atoms with Crippen LogP contribution < -0.4 is 15.7 Å². The van der Waals surface area contributed by atoms with Gasteiger partial charge in [-0.1, -0.05) is 34.1 Å². The predicted octanol–water partition coefficient (Wildman–Crippen LogP) is 3.49. The molecule has 24 heavy (non-hydrogen) atoms. The fourth-order valence-electron chi connectivity index (χ4n) is 2.28. The third kappa shape index (κ3) is 3.49. The first-order valence-electron chi connectivity index (χ1n) is 7.21. The second-order valence-corrected chi connectivity index (χ2v) is 6.08. The number of carbonyl (C=O) groups excluding carboxylic acids is 1. The molecule has 0 aliphatic carbocycles. The zero-order valence-corrected chi connectivity index (χ0v) is 14.4. The molecule has 0 saturated heterocycles. The topological polar surface area (TPSA) is 68.5 Å². The smallest absolute Gasteiger partial charge is 0.344 e. The summed E-state index contributed by atoms with van der Waals surface area (Å²) in [6.45, 7) is 0.324. The van der Waals surface area contributed by atoms with Crippen molar-refractivity contribution in [1.29, 1.82) is 0 Å². The van der Waals surface area contributed by atoms with Crippen LogP contribution in [0.25, 0.3) is 10.8 Å². The molecule has 5 nitrogen and oxygen atoms in total. The lowest BCUT2D eigenvalue weighted by Crippen LogP contribution is -2.24. The van der Waals surface area contributed by atoms with E-state index in [1.807, 2.05) is 24.3 Å². The van der Waals surface area contributed by atoms with Crippen molar-refractivity contribution in [3.63, 3.8) is 0 Å². The summed E-state index contributed by atoms with van der Waals surface area (Å²) in [4.78, 5) is 24.2. The molecule has 0 unspecified atom stereocenters. The average Bonchev–Trinajstić information content (AvgIpc) is 2.60. The summed E-state index contributed by atoms with van der Waals surface area (Å²) in [5.41, 5.74) is 0.375. The van der Waals surface area contributed by atoms with Crippen LogP contribution in [-0.4, -0.2) is 13.0 Å². The Kier molecular flexibility index (Phi) is 4.66. The fourth-order valence-corrected chi connectivity index (χ4v) is 2.64. The van der Waals surface area contributed by atoms with Gasteiger partial charge in [0.2, 0.25) is 0 Å². The molecule has 0 saturated carbocycles. The summed E-state index contributed by atoms with van der Waals surface area (Å²) in [5, 5.41) is 3.82. The van der Waals surface area contributed by atoms with Crippen molar-refractivity contribution in [2.75, 3.05) is 7.11 Å². The van der Waals surface area contributed by atoms with E-state index in [-0.39, 0.29) is 5.76 Å². The number of benzene rings is 2. The molecule has 1 heterocycles. The Balaban J connectivity index is 1.78. The summed E-state index contributed by atoms with van der Waals surface area (Å²) in [6, 6.07) is 14.1. The van der Waals surface area contributed by atoms with Crippen molar-refractivity contribution in [2.24, 2.45) is 0 Å². The molecule has 0 spiro atoms. The van der Waals surface area contributed by atoms with E-state index in [9.17, 15) is 9.59 Å². The first-order chi connectivity index (χ1) is 11.6. The van der Waals surface area contributed by atoms with E-state index in [1.54, 1.807) is 31.4 Å². The number of carbonyl (C=O) groups is 1. The number of amides is 1. The van der Waals surface area contributed by atoms with E-state index in [4.69, 9.17) is 9.15 Å².